The molecule has 1 unspecified atom stereocenters. The van der Waals surface area contributed by atoms with Crippen molar-refractivity contribution in [1.82, 2.24) is 10.6 Å². The van der Waals surface area contributed by atoms with Crippen LogP contribution in [0.3, 0.4) is 0 Å². The maximum absolute atomic E-state index is 13.1. The Hall–Kier alpha value is -2.29. The zero-order valence-electron chi connectivity index (χ0n) is 15.9. The maximum atomic E-state index is 13.1. The number of ether oxygens (including phenoxy) is 2. The molecule has 2 aromatic carbocycles. The van der Waals surface area contributed by atoms with Crippen LogP contribution in [0.4, 0.5) is 5.69 Å². The summed E-state index contributed by atoms with van der Waals surface area (Å²) in [6, 6.07) is 10.2. The lowest BCUT2D eigenvalue weighted by Crippen LogP contribution is -2.45. The molecule has 0 radical (unpaired) electrons. The van der Waals surface area contributed by atoms with Gasteiger partial charge in [0.05, 0.1) is 30.9 Å². The van der Waals surface area contributed by atoms with Gasteiger partial charge in [-0.3, -0.25) is 4.79 Å². The smallest absolute Gasteiger partial charge is 0.255 e. The summed E-state index contributed by atoms with van der Waals surface area (Å²) in [4.78, 5) is 13.1. The van der Waals surface area contributed by atoms with Crippen molar-refractivity contribution in [3.05, 3.63) is 62.7 Å². The molecule has 1 heterocycles. The fourth-order valence-electron chi connectivity index (χ4n) is 3.05. The van der Waals surface area contributed by atoms with E-state index in [0.717, 1.165) is 4.47 Å². The van der Waals surface area contributed by atoms with Gasteiger partial charge >= 0.3 is 0 Å². The van der Waals surface area contributed by atoms with E-state index in [9.17, 15) is 4.79 Å². The van der Waals surface area contributed by atoms with Crippen molar-refractivity contribution in [3.63, 3.8) is 0 Å². The van der Waals surface area contributed by atoms with E-state index in [1.165, 1.54) is 14.2 Å². The molecule has 2 aromatic rings. The van der Waals surface area contributed by atoms with Gasteiger partial charge in [0.2, 0.25) is 0 Å². The molecule has 0 spiro atoms. The van der Waals surface area contributed by atoms with Crippen LogP contribution in [0.5, 0.6) is 11.5 Å². The van der Waals surface area contributed by atoms with Gasteiger partial charge in [0, 0.05) is 27.5 Å². The number of methoxy groups -OCH3 is 2. The Kier molecular flexibility index (Phi) is 6.66. The summed E-state index contributed by atoms with van der Waals surface area (Å²) in [5.74, 6) is 0.728. The number of carbonyl (C=O) groups excluding carboxylic acids is 1. The highest BCUT2D eigenvalue weighted by Crippen LogP contribution is 2.39. The van der Waals surface area contributed by atoms with Crippen LogP contribution in [0.1, 0.15) is 18.5 Å². The van der Waals surface area contributed by atoms with Crippen molar-refractivity contribution >= 4 is 56.5 Å². The predicted octanol–water partition coefficient (Wildman–Crippen LogP) is 4.55. The van der Waals surface area contributed by atoms with E-state index in [2.05, 4.69) is 31.9 Å². The molecule has 0 bridgehead atoms. The van der Waals surface area contributed by atoms with Gasteiger partial charge in [0.1, 0.15) is 0 Å². The molecule has 0 fully saturated rings. The Morgan fingerprint density at radius 3 is 2.41 bits per heavy atom. The standard InChI is InChI=1S/C20H19BrClN3O3S/c1-10-17(19(26)24-12-6-4-11(21)5-7-12)18(25-20(29)23-10)13-8-15(27-2)16(28-3)9-14(13)22/h4-9,18H,1-3H3,(H,24,26)(H2,23,25,29). The Labute approximate surface area is 187 Å². The number of hydrogen-bond donors (Lipinski definition) is 3. The summed E-state index contributed by atoms with van der Waals surface area (Å²) >= 11 is 15.2. The van der Waals surface area contributed by atoms with E-state index >= 15 is 0 Å². The molecular formula is C20H19BrClN3O3S. The predicted molar refractivity (Wildman–Crippen MR) is 122 cm³/mol. The van der Waals surface area contributed by atoms with Gasteiger partial charge < -0.3 is 25.4 Å². The molecule has 3 N–H and O–H groups in total. The van der Waals surface area contributed by atoms with Crippen molar-refractivity contribution < 1.29 is 14.3 Å². The molecule has 0 aliphatic carbocycles. The SMILES string of the molecule is COc1cc(Cl)c(C2NC(=S)NC(C)=C2C(=O)Nc2ccc(Br)cc2)cc1OC. The Morgan fingerprint density at radius 1 is 1.17 bits per heavy atom. The number of rotatable bonds is 5. The number of benzene rings is 2. The van der Waals surface area contributed by atoms with Crippen LogP contribution in [0.15, 0.2) is 52.1 Å². The number of nitrogens with one attached hydrogen (secondary N) is 3. The normalized spacial score (nSPS) is 16.0. The van der Waals surface area contributed by atoms with E-state index in [0.29, 0.717) is 44.2 Å². The summed E-state index contributed by atoms with van der Waals surface area (Å²) in [6.45, 7) is 1.80. The van der Waals surface area contributed by atoms with Gasteiger partial charge in [-0.1, -0.05) is 27.5 Å². The van der Waals surface area contributed by atoms with Gasteiger partial charge in [0.25, 0.3) is 5.91 Å². The van der Waals surface area contributed by atoms with Crippen molar-refractivity contribution in [3.8, 4) is 11.5 Å². The third-order valence-electron chi connectivity index (χ3n) is 4.43. The van der Waals surface area contributed by atoms with Gasteiger partial charge in [-0.25, -0.2) is 0 Å². The molecule has 0 aromatic heterocycles. The summed E-state index contributed by atoms with van der Waals surface area (Å²) in [7, 11) is 3.07. The van der Waals surface area contributed by atoms with E-state index in [4.69, 9.17) is 33.3 Å². The Bertz CT molecular complexity index is 995. The number of halogens is 2. The van der Waals surface area contributed by atoms with E-state index < -0.39 is 6.04 Å². The number of thiocarbonyl (C=S) groups is 1. The van der Waals surface area contributed by atoms with Crippen LogP contribution in [-0.2, 0) is 4.79 Å². The van der Waals surface area contributed by atoms with E-state index in [1.807, 2.05) is 24.3 Å². The largest absolute Gasteiger partial charge is 0.493 e. The highest BCUT2D eigenvalue weighted by atomic mass is 79.9. The lowest BCUT2D eigenvalue weighted by atomic mass is 9.94. The van der Waals surface area contributed by atoms with Crippen molar-refractivity contribution in [2.45, 2.75) is 13.0 Å². The lowest BCUT2D eigenvalue weighted by molar-refractivity contribution is -0.113. The van der Waals surface area contributed by atoms with Crippen LogP contribution in [0.2, 0.25) is 5.02 Å². The fraction of sp³-hybridized carbons (Fsp3) is 0.200. The van der Waals surface area contributed by atoms with Crippen LogP contribution in [0, 0.1) is 0 Å². The minimum Gasteiger partial charge on any atom is -0.493 e. The van der Waals surface area contributed by atoms with E-state index in [-0.39, 0.29) is 5.91 Å². The van der Waals surface area contributed by atoms with Crippen LogP contribution < -0.4 is 25.4 Å². The summed E-state index contributed by atoms with van der Waals surface area (Å²) in [5, 5.41) is 9.88. The second kappa shape index (κ2) is 9.02. The van der Waals surface area contributed by atoms with Gasteiger partial charge in [-0.2, -0.15) is 0 Å². The molecule has 1 aliphatic rings. The number of anilines is 1. The molecule has 0 saturated carbocycles. The van der Waals surface area contributed by atoms with Crippen LogP contribution in [-0.4, -0.2) is 25.2 Å². The van der Waals surface area contributed by atoms with Gasteiger partial charge in [-0.05, 0) is 49.5 Å². The fourth-order valence-corrected chi connectivity index (χ4v) is 3.85. The van der Waals surface area contributed by atoms with Crippen LogP contribution >= 0.6 is 39.7 Å². The molecule has 1 amide bonds. The monoisotopic (exact) mass is 495 g/mol. The zero-order chi connectivity index (χ0) is 21.1. The third kappa shape index (κ3) is 4.66. The zero-order valence-corrected chi connectivity index (χ0v) is 19.1. The maximum Gasteiger partial charge on any atom is 0.255 e. The topological polar surface area (TPSA) is 71.6 Å². The Morgan fingerprint density at radius 2 is 1.79 bits per heavy atom. The summed E-state index contributed by atoms with van der Waals surface area (Å²) < 4.78 is 11.6. The van der Waals surface area contributed by atoms with Gasteiger partial charge in [-0.15, -0.1) is 0 Å². The van der Waals surface area contributed by atoms with E-state index in [1.54, 1.807) is 19.1 Å². The average molecular weight is 497 g/mol. The minimum atomic E-state index is -0.563. The molecule has 29 heavy (non-hydrogen) atoms. The lowest BCUT2D eigenvalue weighted by Gasteiger charge is -2.31. The first-order chi connectivity index (χ1) is 13.8. The summed E-state index contributed by atoms with van der Waals surface area (Å²) in [5.41, 5.74) is 2.42. The number of allylic oxidation sites excluding steroid dienone is 1. The quantitative estimate of drug-likeness (QED) is 0.528. The number of hydrogen-bond acceptors (Lipinski definition) is 4. The minimum absolute atomic E-state index is 0.275. The molecule has 1 aliphatic heterocycles. The van der Waals surface area contributed by atoms with Crippen LogP contribution in [0.25, 0.3) is 0 Å². The molecule has 1 atom stereocenters. The van der Waals surface area contributed by atoms with Crippen molar-refractivity contribution in [1.29, 1.82) is 0 Å². The molecule has 0 saturated heterocycles. The first-order valence-corrected chi connectivity index (χ1v) is 10.2. The molecular weight excluding hydrogens is 478 g/mol. The second-order valence-corrected chi connectivity index (χ2v) is 7.99. The van der Waals surface area contributed by atoms with Gasteiger partial charge in [0.15, 0.2) is 16.6 Å². The molecule has 6 nitrogen and oxygen atoms in total. The average Bonchev–Trinajstić information content (AvgIpc) is 2.68. The number of carbonyl (C=O) groups is 1. The van der Waals surface area contributed by atoms with Crippen molar-refractivity contribution in [2.75, 3.05) is 19.5 Å². The molecule has 3 rings (SSSR count). The highest BCUT2D eigenvalue weighted by molar-refractivity contribution is 9.10. The summed E-state index contributed by atoms with van der Waals surface area (Å²) in [6.07, 6.45) is 0. The highest BCUT2D eigenvalue weighted by Gasteiger charge is 2.32. The number of amides is 1. The third-order valence-corrected chi connectivity index (χ3v) is 5.51. The Balaban J connectivity index is 2.02. The second-order valence-electron chi connectivity index (χ2n) is 6.26. The molecule has 152 valence electrons. The molecule has 9 heteroatoms. The van der Waals surface area contributed by atoms with Crippen molar-refractivity contribution in [2.24, 2.45) is 0 Å². The first-order valence-electron chi connectivity index (χ1n) is 8.60. The first kappa shape index (κ1) is 21.4.